The van der Waals surface area contributed by atoms with E-state index in [9.17, 15) is 9.59 Å². The first-order valence-electron chi connectivity index (χ1n) is 5.40. The summed E-state index contributed by atoms with van der Waals surface area (Å²) in [6.45, 7) is 2.48. The average molecular weight is 264 g/mol. The van der Waals surface area contributed by atoms with Gasteiger partial charge in [0.15, 0.2) is 0 Å². The molecule has 0 aromatic carbocycles. The van der Waals surface area contributed by atoms with Crippen LogP contribution in [0.25, 0.3) is 0 Å². The molecule has 2 aromatic heterocycles. The van der Waals surface area contributed by atoms with E-state index in [1.54, 1.807) is 11.3 Å². The van der Waals surface area contributed by atoms with E-state index >= 15 is 0 Å². The van der Waals surface area contributed by atoms with Crippen molar-refractivity contribution < 1.29 is 4.79 Å². The molecule has 0 aliphatic heterocycles. The largest absolute Gasteiger partial charge is 0.350 e. The molecule has 1 amide bonds. The van der Waals surface area contributed by atoms with Gasteiger partial charge in [-0.25, -0.2) is 10.1 Å². The van der Waals surface area contributed by atoms with Crippen LogP contribution in [-0.4, -0.2) is 27.6 Å². The lowest BCUT2D eigenvalue weighted by Gasteiger charge is -2.02. The van der Waals surface area contributed by atoms with Gasteiger partial charge in [0.05, 0.1) is 5.01 Å². The van der Waals surface area contributed by atoms with E-state index in [-0.39, 0.29) is 17.2 Å². The Morgan fingerprint density at radius 1 is 1.50 bits per heavy atom. The van der Waals surface area contributed by atoms with Gasteiger partial charge in [0.1, 0.15) is 5.69 Å². The normalized spacial score (nSPS) is 10.3. The van der Waals surface area contributed by atoms with Crippen LogP contribution in [-0.2, 0) is 6.42 Å². The Balaban J connectivity index is 1.85. The molecule has 2 heterocycles. The molecule has 0 bridgehead atoms. The van der Waals surface area contributed by atoms with E-state index in [1.165, 1.54) is 12.1 Å². The van der Waals surface area contributed by atoms with E-state index in [0.717, 1.165) is 9.88 Å². The smallest absolute Gasteiger partial charge is 0.271 e. The number of carbonyl (C=O) groups is 1. The number of amides is 1. The summed E-state index contributed by atoms with van der Waals surface area (Å²) in [5.41, 5.74) is -0.130. The number of carbonyl (C=O) groups excluding carboxylic acids is 1. The number of rotatable bonds is 4. The highest BCUT2D eigenvalue weighted by Gasteiger charge is 2.07. The second-order valence-electron chi connectivity index (χ2n) is 3.68. The predicted octanol–water partition coefficient (Wildman–Crippen LogP) is 0.507. The fraction of sp³-hybridized carbons (Fsp3) is 0.273. The molecule has 0 aliphatic rings. The number of aromatic nitrogens is 3. The molecule has 7 heteroatoms. The van der Waals surface area contributed by atoms with Crippen LogP contribution >= 0.6 is 11.3 Å². The molecule has 0 atom stereocenters. The molecule has 2 rings (SSSR count). The van der Waals surface area contributed by atoms with Crippen molar-refractivity contribution in [2.45, 2.75) is 13.3 Å². The van der Waals surface area contributed by atoms with Crippen LogP contribution in [0.1, 0.15) is 20.4 Å². The third-order valence-electron chi connectivity index (χ3n) is 2.21. The SMILES string of the molecule is Cc1cnc(CCNC(=O)c2ccc(=O)[nH]n2)s1. The number of hydrogen-bond donors (Lipinski definition) is 2. The predicted molar refractivity (Wildman–Crippen MR) is 67.7 cm³/mol. The van der Waals surface area contributed by atoms with Gasteiger partial charge in [0, 0.05) is 30.1 Å². The Kier molecular flexibility index (Phi) is 3.83. The maximum atomic E-state index is 11.6. The highest BCUT2D eigenvalue weighted by molar-refractivity contribution is 7.11. The molecule has 0 fully saturated rings. The second-order valence-corrected chi connectivity index (χ2v) is 5.00. The van der Waals surface area contributed by atoms with E-state index in [1.807, 2.05) is 13.1 Å². The third kappa shape index (κ3) is 3.24. The first-order chi connectivity index (χ1) is 8.65. The van der Waals surface area contributed by atoms with Crippen LogP contribution in [0.3, 0.4) is 0 Å². The van der Waals surface area contributed by atoms with Gasteiger partial charge in [-0.05, 0) is 13.0 Å². The van der Waals surface area contributed by atoms with E-state index in [0.29, 0.717) is 13.0 Å². The molecule has 0 aliphatic carbocycles. The number of H-pyrrole nitrogens is 1. The van der Waals surface area contributed by atoms with Gasteiger partial charge < -0.3 is 5.32 Å². The summed E-state index contributed by atoms with van der Waals surface area (Å²) in [7, 11) is 0. The molecule has 94 valence electrons. The van der Waals surface area contributed by atoms with Crippen LogP contribution in [0.5, 0.6) is 0 Å². The van der Waals surface area contributed by atoms with Crippen molar-refractivity contribution in [1.82, 2.24) is 20.5 Å². The summed E-state index contributed by atoms with van der Waals surface area (Å²) in [6, 6.07) is 2.66. The zero-order valence-electron chi connectivity index (χ0n) is 9.77. The standard InChI is InChI=1S/C11H12N4O2S/c1-7-6-13-10(18-7)4-5-12-11(17)8-2-3-9(16)15-14-8/h2-3,6H,4-5H2,1H3,(H,12,17)(H,15,16). The van der Waals surface area contributed by atoms with Crippen molar-refractivity contribution in [3.8, 4) is 0 Å². The van der Waals surface area contributed by atoms with Crippen LogP contribution in [0, 0.1) is 6.92 Å². The van der Waals surface area contributed by atoms with Gasteiger partial charge in [-0.1, -0.05) is 0 Å². The molecule has 2 aromatic rings. The summed E-state index contributed by atoms with van der Waals surface area (Å²) in [4.78, 5) is 27.8. The molecule has 6 nitrogen and oxygen atoms in total. The molecule has 2 N–H and O–H groups in total. The highest BCUT2D eigenvalue weighted by atomic mass is 32.1. The zero-order valence-corrected chi connectivity index (χ0v) is 10.6. The van der Waals surface area contributed by atoms with Crippen molar-refractivity contribution >= 4 is 17.2 Å². The summed E-state index contributed by atoms with van der Waals surface area (Å²) in [6.07, 6.45) is 2.50. The Morgan fingerprint density at radius 3 is 2.94 bits per heavy atom. The van der Waals surface area contributed by atoms with Gasteiger partial charge in [0.25, 0.3) is 11.5 Å². The Hall–Kier alpha value is -2.02. The van der Waals surface area contributed by atoms with Crippen molar-refractivity contribution in [1.29, 1.82) is 0 Å². The number of hydrogen-bond acceptors (Lipinski definition) is 5. The summed E-state index contributed by atoms with van der Waals surface area (Å²) in [5, 5.41) is 9.57. The van der Waals surface area contributed by atoms with Crippen molar-refractivity contribution in [3.05, 3.63) is 44.3 Å². The van der Waals surface area contributed by atoms with E-state index in [2.05, 4.69) is 20.5 Å². The Labute approximate surface area is 107 Å². The zero-order chi connectivity index (χ0) is 13.0. The molecule has 0 spiro atoms. The van der Waals surface area contributed by atoms with Crippen molar-refractivity contribution in [3.63, 3.8) is 0 Å². The Bertz CT molecular complexity index is 585. The van der Waals surface area contributed by atoms with Crippen LogP contribution in [0.15, 0.2) is 23.1 Å². The minimum Gasteiger partial charge on any atom is -0.350 e. The average Bonchev–Trinajstić information content (AvgIpc) is 2.76. The fourth-order valence-corrected chi connectivity index (χ4v) is 2.15. The molecule has 0 radical (unpaired) electrons. The fourth-order valence-electron chi connectivity index (χ4n) is 1.36. The maximum Gasteiger partial charge on any atom is 0.271 e. The van der Waals surface area contributed by atoms with Crippen LogP contribution in [0.2, 0.25) is 0 Å². The molecular weight excluding hydrogens is 252 g/mol. The van der Waals surface area contributed by atoms with Gasteiger partial charge in [-0.2, -0.15) is 5.10 Å². The highest BCUT2D eigenvalue weighted by Crippen LogP contribution is 2.10. The van der Waals surface area contributed by atoms with E-state index < -0.39 is 0 Å². The maximum absolute atomic E-state index is 11.6. The van der Waals surface area contributed by atoms with Crippen molar-refractivity contribution in [2.24, 2.45) is 0 Å². The van der Waals surface area contributed by atoms with Gasteiger partial charge in [-0.3, -0.25) is 9.59 Å². The summed E-state index contributed by atoms with van der Waals surface area (Å²) in [5.74, 6) is -0.306. The number of aryl methyl sites for hydroxylation is 1. The van der Waals surface area contributed by atoms with Gasteiger partial charge >= 0.3 is 0 Å². The van der Waals surface area contributed by atoms with E-state index in [4.69, 9.17) is 0 Å². The molecule has 0 saturated carbocycles. The summed E-state index contributed by atoms with van der Waals surface area (Å²) < 4.78 is 0. The lowest BCUT2D eigenvalue weighted by atomic mass is 10.3. The molecule has 0 saturated heterocycles. The quantitative estimate of drug-likeness (QED) is 0.842. The number of thiazole rings is 1. The number of nitrogens with one attached hydrogen (secondary N) is 2. The monoisotopic (exact) mass is 264 g/mol. The molecule has 18 heavy (non-hydrogen) atoms. The van der Waals surface area contributed by atoms with Crippen molar-refractivity contribution in [2.75, 3.05) is 6.54 Å². The second kappa shape index (κ2) is 5.54. The van der Waals surface area contributed by atoms with Gasteiger partial charge in [-0.15, -0.1) is 11.3 Å². The Morgan fingerprint density at radius 2 is 2.33 bits per heavy atom. The minimum atomic E-state index is -0.329. The van der Waals surface area contributed by atoms with Crippen LogP contribution < -0.4 is 10.9 Å². The first-order valence-corrected chi connectivity index (χ1v) is 6.22. The lowest BCUT2D eigenvalue weighted by Crippen LogP contribution is -2.27. The third-order valence-corrected chi connectivity index (χ3v) is 3.18. The number of aromatic amines is 1. The molecule has 0 unspecified atom stereocenters. The topological polar surface area (TPSA) is 87.7 Å². The molecular formula is C11H12N4O2S. The summed E-state index contributed by atoms with van der Waals surface area (Å²) >= 11 is 1.61. The minimum absolute atomic E-state index is 0.199. The first kappa shape index (κ1) is 12.4. The van der Waals surface area contributed by atoms with Gasteiger partial charge in [0.2, 0.25) is 0 Å². The number of nitrogens with zero attached hydrogens (tertiary/aromatic N) is 2. The lowest BCUT2D eigenvalue weighted by molar-refractivity contribution is 0.0948. The van der Waals surface area contributed by atoms with Crippen LogP contribution in [0.4, 0.5) is 0 Å².